The van der Waals surface area contributed by atoms with Crippen LogP contribution in [0.25, 0.3) is 0 Å². The number of rotatable bonds is 6. The molecular weight excluding hydrogens is 423 g/mol. The van der Waals surface area contributed by atoms with Crippen LogP contribution in [0, 0.1) is 0 Å². The molecule has 0 atom stereocenters. The van der Waals surface area contributed by atoms with E-state index >= 15 is 0 Å². The number of halogens is 1. The van der Waals surface area contributed by atoms with Crippen LogP contribution in [0.5, 0.6) is 0 Å². The Morgan fingerprint density at radius 3 is 2.56 bits per heavy atom. The van der Waals surface area contributed by atoms with Gasteiger partial charge in [-0.2, -0.15) is 0 Å². The number of fused-ring (bicyclic) bond motifs is 1. The van der Waals surface area contributed by atoms with Crippen LogP contribution < -0.4 is 11.1 Å². The number of nitrogens with two attached hydrogens (primary N) is 1. The zero-order chi connectivity index (χ0) is 16.6. The smallest absolute Gasteiger partial charge is 0.188 e. The van der Waals surface area contributed by atoms with E-state index in [4.69, 9.17) is 5.73 Å². The van der Waals surface area contributed by atoms with Gasteiger partial charge in [0.25, 0.3) is 0 Å². The van der Waals surface area contributed by atoms with Gasteiger partial charge < -0.3 is 11.1 Å². The van der Waals surface area contributed by atoms with Crippen LogP contribution in [0.15, 0.2) is 59.6 Å². The maximum absolute atomic E-state index is 5.93. The molecule has 1 aliphatic heterocycles. The minimum absolute atomic E-state index is 0. The van der Waals surface area contributed by atoms with E-state index in [0.717, 1.165) is 39.0 Å². The first-order chi connectivity index (χ1) is 11.8. The molecule has 0 unspecified atom stereocenters. The third-order valence-corrected chi connectivity index (χ3v) is 4.44. The summed E-state index contributed by atoms with van der Waals surface area (Å²) >= 11 is 0. The van der Waals surface area contributed by atoms with E-state index < -0.39 is 0 Å². The third kappa shape index (κ3) is 6.32. The molecule has 0 saturated carbocycles. The molecule has 3 N–H and O–H groups in total. The standard InChI is InChI=1S/C20H26N4.HI/c21-20(23-15-17-7-2-1-3-8-17)22-12-6-13-24-14-11-18-9-4-5-10-19(18)16-24;/h1-5,7-10H,6,11-16H2,(H3,21,22,23);1H. The molecule has 0 aliphatic carbocycles. The fourth-order valence-electron chi connectivity index (χ4n) is 3.08. The molecule has 5 heteroatoms. The minimum atomic E-state index is 0. The van der Waals surface area contributed by atoms with E-state index in [0.29, 0.717) is 12.5 Å². The summed E-state index contributed by atoms with van der Waals surface area (Å²) in [5, 5.41) is 3.21. The van der Waals surface area contributed by atoms with Gasteiger partial charge >= 0.3 is 0 Å². The third-order valence-electron chi connectivity index (χ3n) is 4.44. The van der Waals surface area contributed by atoms with Crippen LogP contribution in [-0.2, 0) is 19.5 Å². The van der Waals surface area contributed by atoms with Crippen LogP contribution in [0.3, 0.4) is 0 Å². The van der Waals surface area contributed by atoms with Gasteiger partial charge in [0.05, 0.1) is 6.54 Å². The first-order valence-corrected chi connectivity index (χ1v) is 8.68. The Morgan fingerprint density at radius 2 is 1.76 bits per heavy atom. The number of nitrogens with one attached hydrogen (secondary N) is 1. The van der Waals surface area contributed by atoms with Crippen molar-refractivity contribution in [1.29, 1.82) is 0 Å². The van der Waals surface area contributed by atoms with Gasteiger partial charge in [-0.25, -0.2) is 4.99 Å². The van der Waals surface area contributed by atoms with Crippen molar-refractivity contribution in [3.05, 3.63) is 71.3 Å². The van der Waals surface area contributed by atoms with Gasteiger partial charge in [-0.3, -0.25) is 4.90 Å². The van der Waals surface area contributed by atoms with Crippen LogP contribution in [0.4, 0.5) is 0 Å². The molecular formula is C20H27IN4. The summed E-state index contributed by atoms with van der Waals surface area (Å²) in [6, 6.07) is 18.9. The second-order valence-corrected chi connectivity index (χ2v) is 6.26. The molecule has 0 radical (unpaired) electrons. The largest absolute Gasteiger partial charge is 0.370 e. The molecule has 2 aromatic rings. The predicted molar refractivity (Wildman–Crippen MR) is 115 cm³/mol. The second kappa shape index (κ2) is 10.4. The summed E-state index contributed by atoms with van der Waals surface area (Å²) in [4.78, 5) is 6.89. The molecule has 4 nitrogen and oxygen atoms in total. The number of hydrogen-bond acceptors (Lipinski definition) is 2. The summed E-state index contributed by atoms with van der Waals surface area (Å²) in [6.07, 6.45) is 2.23. The van der Waals surface area contributed by atoms with Crippen LogP contribution in [0.2, 0.25) is 0 Å². The molecule has 0 aromatic heterocycles. The van der Waals surface area contributed by atoms with Gasteiger partial charge in [-0.1, -0.05) is 54.6 Å². The predicted octanol–water partition coefficient (Wildman–Crippen LogP) is 3.16. The van der Waals surface area contributed by atoms with Gasteiger partial charge in [0, 0.05) is 26.2 Å². The first-order valence-electron chi connectivity index (χ1n) is 8.68. The number of benzene rings is 2. The Labute approximate surface area is 167 Å². The van der Waals surface area contributed by atoms with Crippen molar-refractivity contribution < 1.29 is 0 Å². The average molecular weight is 450 g/mol. The highest BCUT2D eigenvalue weighted by Gasteiger charge is 2.14. The van der Waals surface area contributed by atoms with Crippen molar-refractivity contribution in [2.24, 2.45) is 10.7 Å². The van der Waals surface area contributed by atoms with Crippen molar-refractivity contribution in [1.82, 2.24) is 10.2 Å². The molecule has 3 rings (SSSR count). The van der Waals surface area contributed by atoms with Crippen LogP contribution >= 0.6 is 24.0 Å². The highest BCUT2D eigenvalue weighted by molar-refractivity contribution is 14.0. The zero-order valence-corrected chi connectivity index (χ0v) is 16.9. The Balaban J connectivity index is 0.00000225. The highest BCUT2D eigenvalue weighted by Crippen LogP contribution is 2.18. The second-order valence-electron chi connectivity index (χ2n) is 6.26. The molecule has 0 amide bonds. The normalized spacial score (nSPS) is 14.5. The monoisotopic (exact) mass is 450 g/mol. The van der Waals surface area contributed by atoms with E-state index in [1.807, 2.05) is 18.2 Å². The summed E-state index contributed by atoms with van der Waals surface area (Å²) in [5.41, 5.74) is 10.1. The van der Waals surface area contributed by atoms with E-state index in [9.17, 15) is 0 Å². The van der Waals surface area contributed by atoms with Gasteiger partial charge in [0.2, 0.25) is 0 Å². The Kier molecular flexibility index (Phi) is 8.21. The summed E-state index contributed by atoms with van der Waals surface area (Å²) in [7, 11) is 0. The molecule has 0 fully saturated rings. The topological polar surface area (TPSA) is 53.6 Å². The number of aliphatic imine (C=N–C) groups is 1. The van der Waals surface area contributed by atoms with E-state index in [1.165, 1.54) is 16.7 Å². The fraction of sp³-hybridized carbons (Fsp3) is 0.350. The summed E-state index contributed by atoms with van der Waals surface area (Å²) in [6.45, 7) is 4.79. The molecule has 1 heterocycles. The molecule has 0 saturated heterocycles. The molecule has 0 bridgehead atoms. The zero-order valence-electron chi connectivity index (χ0n) is 14.5. The maximum Gasteiger partial charge on any atom is 0.188 e. The Hall–Kier alpha value is -1.60. The quantitative estimate of drug-likeness (QED) is 0.308. The van der Waals surface area contributed by atoms with Gasteiger partial charge in [-0.15, -0.1) is 24.0 Å². The number of nitrogens with zero attached hydrogens (tertiary/aromatic N) is 2. The van der Waals surface area contributed by atoms with E-state index in [1.54, 1.807) is 0 Å². The van der Waals surface area contributed by atoms with Gasteiger partial charge in [0.1, 0.15) is 0 Å². The number of hydrogen-bond donors (Lipinski definition) is 2. The maximum atomic E-state index is 5.93. The molecule has 25 heavy (non-hydrogen) atoms. The Morgan fingerprint density at radius 1 is 1.04 bits per heavy atom. The van der Waals surface area contributed by atoms with Crippen LogP contribution in [0.1, 0.15) is 23.1 Å². The minimum Gasteiger partial charge on any atom is -0.370 e. The molecule has 2 aromatic carbocycles. The SMILES string of the molecule is I.NC(=NCc1ccccc1)NCCCN1CCc2ccccc2C1. The number of guanidine groups is 1. The van der Waals surface area contributed by atoms with Crippen molar-refractivity contribution in [3.63, 3.8) is 0 Å². The van der Waals surface area contributed by atoms with E-state index in [-0.39, 0.29) is 24.0 Å². The first kappa shape index (κ1) is 19.7. The highest BCUT2D eigenvalue weighted by atomic mass is 127. The molecule has 1 aliphatic rings. The summed E-state index contributed by atoms with van der Waals surface area (Å²) < 4.78 is 0. The van der Waals surface area contributed by atoms with Gasteiger partial charge in [0.15, 0.2) is 5.96 Å². The van der Waals surface area contributed by atoms with Crippen molar-refractivity contribution in [2.75, 3.05) is 19.6 Å². The average Bonchev–Trinajstić information content (AvgIpc) is 2.64. The Bertz CT molecular complexity index is 672. The van der Waals surface area contributed by atoms with Crippen molar-refractivity contribution >= 4 is 29.9 Å². The fourth-order valence-corrected chi connectivity index (χ4v) is 3.08. The summed E-state index contributed by atoms with van der Waals surface area (Å²) in [5.74, 6) is 0.530. The van der Waals surface area contributed by atoms with Gasteiger partial charge in [-0.05, 0) is 29.5 Å². The molecule has 0 spiro atoms. The lowest BCUT2D eigenvalue weighted by molar-refractivity contribution is 0.251. The van der Waals surface area contributed by atoms with Crippen LogP contribution in [-0.4, -0.2) is 30.5 Å². The lowest BCUT2D eigenvalue weighted by atomic mass is 10.00. The van der Waals surface area contributed by atoms with E-state index in [2.05, 4.69) is 51.6 Å². The van der Waals surface area contributed by atoms with Crippen molar-refractivity contribution in [2.45, 2.75) is 25.9 Å². The lowest BCUT2D eigenvalue weighted by Crippen LogP contribution is -2.36. The molecule has 134 valence electrons. The lowest BCUT2D eigenvalue weighted by Gasteiger charge is -2.28. The van der Waals surface area contributed by atoms with Crippen molar-refractivity contribution in [3.8, 4) is 0 Å².